The van der Waals surface area contributed by atoms with Crippen LogP contribution in [0.1, 0.15) is 15.9 Å². The Hall–Kier alpha value is -3.15. The fourth-order valence-electron chi connectivity index (χ4n) is 3.00. The molecule has 2 aromatic heterocycles. The quantitative estimate of drug-likeness (QED) is 0.402. The Bertz CT molecular complexity index is 980. The van der Waals surface area contributed by atoms with E-state index < -0.39 is 22.6 Å². The number of methoxy groups -OCH3 is 1. The van der Waals surface area contributed by atoms with Gasteiger partial charge < -0.3 is 14.5 Å². The Morgan fingerprint density at radius 1 is 1.13 bits per heavy atom. The van der Waals surface area contributed by atoms with E-state index in [4.69, 9.17) is 11.6 Å². The predicted molar refractivity (Wildman–Crippen MR) is 101 cm³/mol. The summed E-state index contributed by atoms with van der Waals surface area (Å²) in [5, 5.41) is 11.3. The first-order valence-electron chi connectivity index (χ1n) is 8.57. The van der Waals surface area contributed by atoms with Gasteiger partial charge in [0.1, 0.15) is 5.82 Å². The number of hydrogen-bond acceptors (Lipinski definition) is 8. The second-order valence-electron chi connectivity index (χ2n) is 6.32. The second-order valence-corrected chi connectivity index (χ2v) is 6.72. The minimum Gasteiger partial charge on any atom is -0.465 e. The number of nitrogens with zero attached hydrogens (tertiary/aromatic N) is 5. The fraction of sp³-hybridized carbons (Fsp3) is 0.353. The van der Waals surface area contributed by atoms with E-state index in [2.05, 4.69) is 14.7 Å². The molecule has 2 aromatic rings. The molecule has 0 spiro atoms. The van der Waals surface area contributed by atoms with Crippen LogP contribution < -0.4 is 9.80 Å². The molecule has 0 radical (unpaired) electrons. The van der Waals surface area contributed by atoms with Crippen LogP contribution in [0.4, 0.5) is 30.5 Å². The van der Waals surface area contributed by atoms with Gasteiger partial charge in [-0.15, -0.1) is 0 Å². The maximum atomic E-state index is 12.8. The molecule has 0 unspecified atom stereocenters. The minimum atomic E-state index is -4.55. The number of esters is 1. The van der Waals surface area contributed by atoms with Crippen LogP contribution in [0.2, 0.25) is 5.02 Å². The molecule has 9 nitrogen and oxygen atoms in total. The van der Waals surface area contributed by atoms with Crippen molar-refractivity contribution in [2.45, 2.75) is 6.18 Å². The molecule has 0 N–H and O–H groups in total. The van der Waals surface area contributed by atoms with E-state index >= 15 is 0 Å². The first-order chi connectivity index (χ1) is 14.1. The normalized spacial score (nSPS) is 14.6. The number of hydrogen-bond donors (Lipinski definition) is 0. The van der Waals surface area contributed by atoms with Crippen molar-refractivity contribution in [2.24, 2.45) is 0 Å². The minimum absolute atomic E-state index is 0.0488. The van der Waals surface area contributed by atoms with Crippen LogP contribution in [0.15, 0.2) is 24.5 Å². The van der Waals surface area contributed by atoms with Gasteiger partial charge in [0.2, 0.25) is 5.82 Å². The van der Waals surface area contributed by atoms with Gasteiger partial charge in [0.25, 0.3) is 0 Å². The molecule has 0 aromatic carbocycles. The molecule has 0 atom stereocenters. The Labute approximate surface area is 173 Å². The van der Waals surface area contributed by atoms with E-state index in [9.17, 15) is 28.1 Å². The van der Waals surface area contributed by atoms with Crippen LogP contribution in [0, 0.1) is 10.1 Å². The predicted octanol–water partition coefficient (Wildman–Crippen LogP) is 3.17. The summed E-state index contributed by atoms with van der Waals surface area (Å²) >= 11 is 5.99. The summed E-state index contributed by atoms with van der Waals surface area (Å²) in [7, 11) is 1.15. The highest BCUT2D eigenvalue weighted by Gasteiger charge is 2.33. The van der Waals surface area contributed by atoms with Crippen molar-refractivity contribution in [1.29, 1.82) is 0 Å². The standard InChI is InChI=1S/C17H15ClF3N5O4/c1-30-16(27)10-6-13(26(28)29)15(22-8-10)25-4-2-24(3-5-25)14-12(18)7-11(9-23-14)17(19,20)21/h6-9H,2-5H2,1H3. The Balaban J connectivity index is 1.77. The molecular formula is C17H15ClF3N5O4. The van der Waals surface area contributed by atoms with Gasteiger partial charge in [0, 0.05) is 44.6 Å². The summed E-state index contributed by atoms with van der Waals surface area (Å²) in [6, 6.07) is 1.91. The first kappa shape index (κ1) is 21.6. The van der Waals surface area contributed by atoms with Crippen LogP contribution >= 0.6 is 11.6 Å². The van der Waals surface area contributed by atoms with Gasteiger partial charge in [-0.1, -0.05) is 11.6 Å². The van der Waals surface area contributed by atoms with Crippen LogP contribution in [-0.2, 0) is 10.9 Å². The molecule has 3 rings (SSSR count). The number of nitro groups is 1. The lowest BCUT2D eigenvalue weighted by Crippen LogP contribution is -2.47. The number of carbonyl (C=O) groups is 1. The molecular weight excluding hydrogens is 431 g/mol. The van der Waals surface area contributed by atoms with Gasteiger partial charge in [-0.05, 0) is 6.07 Å². The van der Waals surface area contributed by atoms with Crippen molar-refractivity contribution in [3.05, 3.63) is 50.8 Å². The summed E-state index contributed by atoms with van der Waals surface area (Å²) < 4.78 is 42.9. The van der Waals surface area contributed by atoms with E-state index in [0.717, 1.165) is 19.2 Å². The third kappa shape index (κ3) is 4.37. The summed E-state index contributed by atoms with van der Waals surface area (Å²) in [5.41, 5.74) is -1.34. The van der Waals surface area contributed by atoms with E-state index in [1.54, 1.807) is 9.80 Å². The van der Waals surface area contributed by atoms with Crippen molar-refractivity contribution < 1.29 is 27.6 Å². The lowest BCUT2D eigenvalue weighted by atomic mass is 10.2. The van der Waals surface area contributed by atoms with Crippen LogP contribution in [-0.4, -0.2) is 54.1 Å². The van der Waals surface area contributed by atoms with Crippen molar-refractivity contribution in [3.8, 4) is 0 Å². The van der Waals surface area contributed by atoms with Crippen molar-refractivity contribution >= 4 is 34.9 Å². The Morgan fingerprint density at radius 2 is 1.70 bits per heavy atom. The molecule has 0 saturated carbocycles. The molecule has 1 aliphatic heterocycles. The summed E-state index contributed by atoms with van der Waals surface area (Å²) in [6.07, 6.45) is -2.64. The molecule has 30 heavy (non-hydrogen) atoms. The number of alkyl halides is 3. The molecule has 1 saturated heterocycles. The highest BCUT2D eigenvalue weighted by Crippen LogP contribution is 2.34. The Morgan fingerprint density at radius 3 is 2.20 bits per heavy atom. The lowest BCUT2D eigenvalue weighted by Gasteiger charge is -2.36. The van der Waals surface area contributed by atoms with Gasteiger partial charge in [-0.3, -0.25) is 10.1 Å². The average Bonchev–Trinajstić information content (AvgIpc) is 2.72. The highest BCUT2D eigenvalue weighted by atomic mass is 35.5. The average molecular weight is 446 g/mol. The number of aromatic nitrogens is 2. The fourth-order valence-corrected chi connectivity index (χ4v) is 3.29. The van der Waals surface area contributed by atoms with Gasteiger partial charge in [0.05, 0.1) is 28.2 Å². The number of rotatable bonds is 4. The zero-order chi connectivity index (χ0) is 22.1. The molecule has 13 heteroatoms. The number of carbonyl (C=O) groups excluding carboxylic acids is 1. The largest absolute Gasteiger partial charge is 0.465 e. The van der Waals surface area contributed by atoms with Crippen molar-refractivity contribution in [1.82, 2.24) is 9.97 Å². The molecule has 3 heterocycles. The Kier molecular flexibility index (Phi) is 5.97. The molecule has 1 fully saturated rings. The first-order valence-corrected chi connectivity index (χ1v) is 8.95. The van der Waals surface area contributed by atoms with Gasteiger partial charge in [-0.2, -0.15) is 13.2 Å². The van der Waals surface area contributed by atoms with Crippen LogP contribution in [0.25, 0.3) is 0 Å². The second kappa shape index (κ2) is 8.30. The van der Waals surface area contributed by atoms with E-state index in [0.29, 0.717) is 19.3 Å². The number of anilines is 2. The molecule has 1 aliphatic rings. The smallest absolute Gasteiger partial charge is 0.417 e. The third-order valence-electron chi connectivity index (χ3n) is 4.49. The highest BCUT2D eigenvalue weighted by molar-refractivity contribution is 6.33. The van der Waals surface area contributed by atoms with E-state index in [-0.39, 0.29) is 41.0 Å². The summed E-state index contributed by atoms with van der Waals surface area (Å²) in [6.45, 7) is 1.17. The SMILES string of the molecule is COC(=O)c1cnc(N2CCN(c3ncc(C(F)(F)F)cc3Cl)CC2)c([N+](=O)[O-])c1. The van der Waals surface area contributed by atoms with E-state index in [1.165, 1.54) is 6.20 Å². The number of halogens is 4. The van der Waals surface area contributed by atoms with Gasteiger partial charge >= 0.3 is 17.8 Å². The number of ether oxygens (including phenoxy) is 1. The summed E-state index contributed by atoms with van der Waals surface area (Å²) in [5.74, 6) is -0.461. The summed E-state index contributed by atoms with van der Waals surface area (Å²) in [4.78, 5) is 33.6. The van der Waals surface area contributed by atoms with Crippen molar-refractivity contribution in [2.75, 3.05) is 43.1 Å². The molecule has 0 amide bonds. The number of piperazine rings is 1. The number of pyridine rings is 2. The lowest BCUT2D eigenvalue weighted by molar-refractivity contribution is -0.384. The van der Waals surface area contributed by atoms with Gasteiger partial charge in [-0.25, -0.2) is 14.8 Å². The molecule has 0 aliphatic carbocycles. The topological polar surface area (TPSA) is 102 Å². The zero-order valence-electron chi connectivity index (χ0n) is 15.5. The maximum absolute atomic E-state index is 12.8. The van der Waals surface area contributed by atoms with Crippen LogP contribution in [0.5, 0.6) is 0 Å². The zero-order valence-corrected chi connectivity index (χ0v) is 16.3. The van der Waals surface area contributed by atoms with E-state index in [1.807, 2.05) is 0 Å². The van der Waals surface area contributed by atoms with Gasteiger partial charge in [0.15, 0.2) is 0 Å². The molecule has 160 valence electrons. The monoisotopic (exact) mass is 445 g/mol. The van der Waals surface area contributed by atoms with Crippen LogP contribution in [0.3, 0.4) is 0 Å². The maximum Gasteiger partial charge on any atom is 0.417 e. The molecule has 0 bridgehead atoms. The van der Waals surface area contributed by atoms with Crippen molar-refractivity contribution in [3.63, 3.8) is 0 Å². The third-order valence-corrected chi connectivity index (χ3v) is 4.77.